The minimum atomic E-state index is -0.130. The number of benzene rings is 1. The van der Waals surface area contributed by atoms with Crippen LogP contribution < -0.4 is 4.74 Å². The van der Waals surface area contributed by atoms with Gasteiger partial charge in [-0.1, -0.05) is 23.9 Å². The molecule has 0 radical (unpaired) electrons. The predicted octanol–water partition coefficient (Wildman–Crippen LogP) is 3.03. The standard InChI is InChI=1S/C17H22N6OS/c1-17(2,3)23-16(19-20-21-23)25-12-13-5-7-14(8-6-13)24-11-15-18-9-10-22(15)4/h5-10H,11-12H2,1-4H3. The van der Waals surface area contributed by atoms with Crippen LogP contribution in [0.4, 0.5) is 0 Å². The van der Waals surface area contributed by atoms with Gasteiger partial charge in [0.1, 0.15) is 18.2 Å². The Balaban J connectivity index is 1.56. The number of hydrogen-bond donors (Lipinski definition) is 0. The number of tetrazole rings is 1. The van der Waals surface area contributed by atoms with Gasteiger partial charge in [-0.25, -0.2) is 9.67 Å². The molecule has 0 aliphatic carbocycles. The van der Waals surface area contributed by atoms with E-state index in [2.05, 4.69) is 53.4 Å². The minimum absolute atomic E-state index is 0.130. The molecule has 0 unspecified atom stereocenters. The molecule has 0 bridgehead atoms. The van der Waals surface area contributed by atoms with E-state index in [9.17, 15) is 0 Å². The minimum Gasteiger partial charge on any atom is -0.486 e. The van der Waals surface area contributed by atoms with Gasteiger partial charge in [0, 0.05) is 25.2 Å². The van der Waals surface area contributed by atoms with Gasteiger partial charge in [0.05, 0.1) is 5.54 Å². The van der Waals surface area contributed by atoms with Crippen LogP contribution in [0.5, 0.6) is 5.75 Å². The van der Waals surface area contributed by atoms with E-state index in [1.807, 2.05) is 34.6 Å². The van der Waals surface area contributed by atoms with Crippen LogP contribution in [0.15, 0.2) is 41.8 Å². The van der Waals surface area contributed by atoms with Crippen molar-refractivity contribution >= 4 is 11.8 Å². The highest BCUT2D eigenvalue weighted by Crippen LogP contribution is 2.25. The zero-order chi connectivity index (χ0) is 17.9. The van der Waals surface area contributed by atoms with Crippen molar-refractivity contribution in [2.45, 2.75) is 43.8 Å². The normalized spacial score (nSPS) is 11.7. The fourth-order valence-corrected chi connectivity index (χ4v) is 3.22. The van der Waals surface area contributed by atoms with Crippen LogP contribution >= 0.6 is 11.8 Å². The first kappa shape index (κ1) is 17.5. The molecule has 132 valence electrons. The molecule has 0 saturated heterocycles. The number of imidazole rings is 1. The average molecular weight is 358 g/mol. The Morgan fingerprint density at radius 1 is 1.16 bits per heavy atom. The van der Waals surface area contributed by atoms with Crippen molar-refractivity contribution < 1.29 is 4.74 Å². The van der Waals surface area contributed by atoms with Crippen molar-refractivity contribution in [3.05, 3.63) is 48.0 Å². The molecule has 1 aromatic carbocycles. The van der Waals surface area contributed by atoms with Gasteiger partial charge in [0.2, 0.25) is 5.16 Å². The van der Waals surface area contributed by atoms with Gasteiger partial charge >= 0.3 is 0 Å². The lowest BCUT2D eigenvalue weighted by atomic mass is 10.1. The van der Waals surface area contributed by atoms with E-state index in [0.717, 1.165) is 22.5 Å². The maximum Gasteiger partial charge on any atom is 0.210 e. The second kappa shape index (κ2) is 7.26. The fraction of sp³-hybridized carbons (Fsp3) is 0.412. The molecule has 3 rings (SSSR count). The maximum absolute atomic E-state index is 5.77. The van der Waals surface area contributed by atoms with Crippen molar-refractivity contribution in [2.24, 2.45) is 7.05 Å². The molecule has 0 aliphatic heterocycles. The molecule has 0 spiro atoms. The van der Waals surface area contributed by atoms with Crippen LogP contribution in [-0.2, 0) is 24.9 Å². The third-order valence-corrected chi connectivity index (χ3v) is 4.65. The number of nitrogens with zero attached hydrogens (tertiary/aromatic N) is 6. The van der Waals surface area contributed by atoms with Crippen molar-refractivity contribution in [1.29, 1.82) is 0 Å². The molecule has 0 atom stereocenters. The average Bonchev–Trinajstić information content (AvgIpc) is 3.20. The lowest BCUT2D eigenvalue weighted by Gasteiger charge is -2.19. The largest absolute Gasteiger partial charge is 0.486 e. The van der Waals surface area contributed by atoms with E-state index in [1.54, 1.807) is 18.0 Å². The zero-order valence-electron chi connectivity index (χ0n) is 14.9. The van der Waals surface area contributed by atoms with E-state index in [4.69, 9.17) is 4.74 Å². The number of rotatable bonds is 6. The number of ether oxygens (including phenoxy) is 1. The summed E-state index contributed by atoms with van der Waals surface area (Å²) < 4.78 is 9.57. The lowest BCUT2D eigenvalue weighted by Crippen LogP contribution is -2.24. The molecule has 0 fully saturated rings. The summed E-state index contributed by atoms with van der Waals surface area (Å²) in [5.74, 6) is 2.53. The molecule has 2 aromatic heterocycles. The summed E-state index contributed by atoms with van der Waals surface area (Å²) in [5, 5.41) is 12.8. The lowest BCUT2D eigenvalue weighted by molar-refractivity contribution is 0.292. The summed E-state index contributed by atoms with van der Waals surface area (Å²) in [7, 11) is 1.96. The molecular formula is C17H22N6OS. The first-order chi connectivity index (χ1) is 11.9. The molecule has 0 amide bonds. The van der Waals surface area contributed by atoms with Crippen LogP contribution in [-0.4, -0.2) is 29.8 Å². The second-order valence-electron chi connectivity index (χ2n) is 6.72. The quantitative estimate of drug-likeness (QED) is 0.631. The Morgan fingerprint density at radius 3 is 2.56 bits per heavy atom. The Labute approximate surface area is 151 Å². The fourth-order valence-electron chi connectivity index (χ4n) is 2.20. The topological polar surface area (TPSA) is 70.7 Å². The summed E-state index contributed by atoms with van der Waals surface area (Å²) in [4.78, 5) is 4.25. The van der Waals surface area contributed by atoms with Gasteiger partial charge in [-0.2, -0.15) is 0 Å². The Morgan fingerprint density at radius 2 is 1.92 bits per heavy atom. The highest BCUT2D eigenvalue weighted by Gasteiger charge is 2.19. The summed E-state index contributed by atoms with van der Waals surface area (Å²) in [6, 6.07) is 8.08. The van der Waals surface area contributed by atoms with E-state index in [-0.39, 0.29) is 5.54 Å². The van der Waals surface area contributed by atoms with E-state index >= 15 is 0 Å². The molecule has 0 aliphatic rings. The van der Waals surface area contributed by atoms with Gasteiger partial charge in [-0.05, 0) is 48.9 Å². The van der Waals surface area contributed by atoms with E-state index < -0.39 is 0 Å². The van der Waals surface area contributed by atoms with Gasteiger partial charge < -0.3 is 9.30 Å². The van der Waals surface area contributed by atoms with E-state index in [0.29, 0.717) is 6.61 Å². The SMILES string of the molecule is Cn1ccnc1COc1ccc(CSc2nnnn2C(C)(C)C)cc1. The molecule has 7 nitrogen and oxygen atoms in total. The van der Waals surface area contributed by atoms with Crippen molar-refractivity contribution in [3.63, 3.8) is 0 Å². The first-order valence-corrected chi connectivity index (χ1v) is 9.01. The van der Waals surface area contributed by atoms with Gasteiger partial charge in [-0.3, -0.25) is 0 Å². The first-order valence-electron chi connectivity index (χ1n) is 8.03. The second-order valence-corrected chi connectivity index (χ2v) is 7.66. The highest BCUT2D eigenvalue weighted by molar-refractivity contribution is 7.98. The zero-order valence-corrected chi connectivity index (χ0v) is 15.7. The summed E-state index contributed by atoms with van der Waals surface area (Å²) in [6.45, 7) is 6.71. The molecule has 25 heavy (non-hydrogen) atoms. The molecule has 2 heterocycles. The third-order valence-electron chi connectivity index (χ3n) is 3.66. The Kier molecular flexibility index (Phi) is 5.08. The van der Waals surface area contributed by atoms with Gasteiger partial charge in [0.15, 0.2) is 0 Å². The predicted molar refractivity (Wildman–Crippen MR) is 96.4 cm³/mol. The number of aromatic nitrogens is 6. The van der Waals surface area contributed by atoms with Crippen molar-refractivity contribution in [3.8, 4) is 5.75 Å². The number of hydrogen-bond acceptors (Lipinski definition) is 6. The van der Waals surface area contributed by atoms with Crippen molar-refractivity contribution in [1.82, 2.24) is 29.8 Å². The molecule has 8 heteroatoms. The molecule has 3 aromatic rings. The monoisotopic (exact) mass is 358 g/mol. The Bertz CT molecular complexity index is 818. The number of aryl methyl sites for hydroxylation is 1. The van der Waals surface area contributed by atoms with Gasteiger partial charge in [-0.15, -0.1) is 5.10 Å². The Hall–Kier alpha value is -2.35. The van der Waals surface area contributed by atoms with Crippen LogP contribution in [0.2, 0.25) is 0 Å². The number of thioether (sulfide) groups is 1. The molecule has 0 N–H and O–H groups in total. The van der Waals surface area contributed by atoms with Crippen LogP contribution in [0.3, 0.4) is 0 Å². The molecular weight excluding hydrogens is 336 g/mol. The molecule has 0 saturated carbocycles. The van der Waals surface area contributed by atoms with Crippen molar-refractivity contribution in [2.75, 3.05) is 0 Å². The van der Waals surface area contributed by atoms with E-state index in [1.165, 1.54) is 5.56 Å². The van der Waals surface area contributed by atoms with Crippen LogP contribution in [0.1, 0.15) is 32.2 Å². The maximum atomic E-state index is 5.77. The summed E-state index contributed by atoms with van der Waals surface area (Å²) >= 11 is 1.63. The van der Waals surface area contributed by atoms with Crippen LogP contribution in [0, 0.1) is 0 Å². The third kappa shape index (κ3) is 4.39. The summed E-state index contributed by atoms with van der Waals surface area (Å²) in [5.41, 5.74) is 1.06. The summed E-state index contributed by atoms with van der Waals surface area (Å²) in [6.07, 6.45) is 3.68. The van der Waals surface area contributed by atoms with Gasteiger partial charge in [0.25, 0.3) is 0 Å². The van der Waals surface area contributed by atoms with Crippen LogP contribution in [0.25, 0.3) is 0 Å². The highest BCUT2D eigenvalue weighted by atomic mass is 32.2. The smallest absolute Gasteiger partial charge is 0.210 e.